The Morgan fingerprint density at radius 1 is 1.18 bits per heavy atom. The predicted molar refractivity (Wildman–Crippen MR) is 108 cm³/mol. The van der Waals surface area contributed by atoms with Crippen molar-refractivity contribution in [3.8, 4) is 11.4 Å². The van der Waals surface area contributed by atoms with Gasteiger partial charge in [0.2, 0.25) is 5.82 Å². The Morgan fingerprint density at radius 3 is 2.64 bits per heavy atom. The molecule has 0 unspecified atom stereocenters. The van der Waals surface area contributed by atoms with Crippen LogP contribution in [0.2, 0.25) is 0 Å². The first-order valence-electron chi connectivity index (χ1n) is 9.31. The number of anilines is 1. The van der Waals surface area contributed by atoms with Gasteiger partial charge in [0.15, 0.2) is 0 Å². The van der Waals surface area contributed by atoms with Crippen LogP contribution in [0.5, 0.6) is 0 Å². The highest BCUT2D eigenvalue weighted by molar-refractivity contribution is 7.08. The normalized spacial score (nSPS) is 15.0. The number of thiophene rings is 1. The van der Waals surface area contributed by atoms with E-state index >= 15 is 0 Å². The third-order valence-corrected chi connectivity index (χ3v) is 5.45. The molecule has 0 radical (unpaired) electrons. The molecule has 6 nitrogen and oxygen atoms in total. The van der Waals surface area contributed by atoms with Gasteiger partial charge in [0.1, 0.15) is 0 Å². The van der Waals surface area contributed by atoms with E-state index in [0.29, 0.717) is 11.4 Å². The number of hydrogen-bond donors (Lipinski definition) is 0. The number of aliphatic carboxylic acids is 1. The average Bonchev–Trinajstić information content (AvgIpc) is 3.40. The van der Waals surface area contributed by atoms with Gasteiger partial charge in [0.25, 0.3) is 5.89 Å². The molecular formula is C21H20N3O3S-. The zero-order valence-corrected chi connectivity index (χ0v) is 16.2. The van der Waals surface area contributed by atoms with Gasteiger partial charge in [-0.25, -0.2) is 0 Å². The number of hydrogen-bond acceptors (Lipinski definition) is 7. The number of nitrogens with zero attached hydrogens (tertiary/aromatic N) is 3. The summed E-state index contributed by atoms with van der Waals surface area (Å²) in [4.78, 5) is 18.0. The van der Waals surface area contributed by atoms with Crippen LogP contribution in [0, 0.1) is 0 Å². The fourth-order valence-corrected chi connectivity index (χ4v) is 3.98. The molecule has 1 aliphatic rings. The van der Waals surface area contributed by atoms with Gasteiger partial charge in [-0.2, -0.15) is 16.3 Å². The third-order valence-electron chi connectivity index (χ3n) is 4.77. The summed E-state index contributed by atoms with van der Waals surface area (Å²) in [6, 6.07) is 9.99. The minimum atomic E-state index is -1.19. The molecule has 4 rings (SSSR count). The van der Waals surface area contributed by atoms with Crippen molar-refractivity contribution in [1.82, 2.24) is 10.1 Å². The van der Waals surface area contributed by atoms with E-state index in [4.69, 9.17) is 4.52 Å². The minimum absolute atomic E-state index is 0.200. The Kier molecular flexibility index (Phi) is 5.53. The van der Waals surface area contributed by atoms with Gasteiger partial charge < -0.3 is 19.3 Å². The Balaban J connectivity index is 1.58. The number of aromatic nitrogens is 2. The predicted octanol–water partition coefficient (Wildman–Crippen LogP) is 3.47. The summed E-state index contributed by atoms with van der Waals surface area (Å²) in [7, 11) is 0. The monoisotopic (exact) mass is 394 g/mol. The summed E-state index contributed by atoms with van der Waals surface area (Å²) >= 11 is 1.53. The zero-order chi connectivity index (χ0) is 19.3. The summed E-state index contributed by atoms with van der Waals surface area (Å²) in [5, 5.41) is 19.0. The lowest BCUT2D eigenvalue weighted by molar-refractivity contribution is -0.304. The van der Waals surface area contributed by atoms with Crippen LogP contribution in [0.15, 0.2) is 45.6 Å². The first kappa shape index (κ1) is 18.4. The molecule has 1 saturated heterocycles. The first-order valence-corrected chi connectivity index (χ1v) is 10.3. The SMILES string of the molecule is O=C([O-])C/C(=C\c1ccc(N2CCCCC2)cc1)c1nc(-c2ccsc2)no1. The maximum Gasteiger partial charge on any atom is 0.254 e. The van der Waals surface area contributed by atoms with Crippen LogP contribution < -0.4 is 10.0 Å². The quantitative estimate of drug-likeness (QED) is 0.637. The molecule has 0 N–H and O–H groups in total. The van der Waals surface area contributed by atoms with Crippen molar-refractivity contribution in [2.24, 2.45) is 0 Å². The molecule has 2 aromatic heterocycles. The Hall–Kier alpha value is -2.93. The molecule has 0 atom stereocenters. The van der Waals surface area contributed by atoms with Crippen LogP contribution in [0.25, 0.3) is 23.0 Å². The Bertz CT molecular complexity index is 955. The van der Waals surface area contributed by atoms with Crippen LogP contribution in [0.1, 0.15) is 37.1 Å². The lowest BCUT2D eigenvalue weighted by atomic mass is 10.1. The second kappa shape index (κ2) is 8.39. The maximum atomic E-state index is 11.2. The summed E-state index contributed by atoms with van der Waals surface area (Å²) in [6.45, 7) is 2.16. The Morgan fingerprint density at radius 2 is 1.96 bits per heavy atom. The molecule has 0 bridgehead atoms. The smallest absolute Gasteiger partial charge is 0.254 e. The molecule has 0 spiro atoms. The van der Waals surface area contributed by atoms with Gasteiger partial charge in [-0.05, 0) is 54.5 Å². The molecule has 144 valence electrons. The highest BCUT2D eigenvalue weighted by atomic mass is 32.1. The topological polar surface area (TPSA) is 82.3 Å². The zero-order valence-electron chi connectivity index (χ0n) is 15.3. The third kappa shape index (κ3) is 4.31. The van der Waals surface area contributed by atoms with E-state index in [0.717, 1.165) is 24.2 Å². The van der Waals surface area contributed by atoms with Crippen molar-refractivity contribution in [3.05, 3.63) is 52.5 Å². The standard InChI is InChI=1S/C21H21N3O3S/c25-19(26)13-17(21-22-20(23-27-21)16-8-11-28-14-16)12-15-4-6-18(7-5-15)24-9-2-1-3-10-24/h4-8,11-12,14H,1-3,9-10,13H2,(H,25,26)/p-1/b17-12+. The summed E-state index contributed by atoms with van der Waals surface area (Å²) in [6.07, 6.45) is 5.21. The van der Waals surface area contributed by atoms with Crippen LogP contribution >= 0.6 is 11.3 Å². The number of carbonyl (C=O) groups is 1. The number of benzene rings is 1. The Labute approximate surface area is 167 Å². The molecule has 1 aromatic carbocycles. The van der Waals surface area contributed by atoms with E-state index in [-0.39, 0.29) is 12.3 Å². The van der Waals surface area contributed by atoms with Crippen molar-refractivity contribution in [2.45, 2.75) is 25.7 Å². The van der Waals surface area contributed by atoms with Crippen LogP contribution in [-0.2, 0) is 4.79 Å². The van der Waals surface area contributed by atoms with Crippen molar-refractivity contribution in [1.29, 1.82) is 0 Å². The van der Waals surface area contributed by atoms with Crippen LogP contribution in [0.3, 0.4) is 0 Å². The van der Waals surface area contributed by atoms with Gasteiger partial charge in [-0.3, -0.25) is 0 Å². The van der Waals surface area contributed by atoms with Crippen LogP contribution in [0.4, 0.5) is 5.69 Å². The molecular weight excluding hydrogens is 374 g/mol. The summed E-state index contributed by atoms with van der Waals surface area (Å²) in [5.74, 6) is -0.544. The first-order chi connectivity index (χ1) is 13.7. The van der Waals surface area contributed by atoms with Crippen molar-refractivity contribution in [3.63, 3.8) is 0 Å². The molecule has 1 fully saturated rings. The maximum absolute atomic E-state index is 11.2. The molecule has 0 saturated carbocycles. The largest absolute Gasteiger partial charge is 0.550 e. The van der Waals surface area contributed by atoms with Gasteiger partial charge in [-0.1, -0.05) is 17.3 Å². The number of carbonyl (C=O) groups excluding carboxylic acids is 1. The molecule has 28 heavy (non-hydrogen) atoms. The van der Waals surface area contributed by atoms with Gasteiger partial charge in [0, 0.05) is 47.7 Å². The molecule has 3 aromatic rings. The van der Waals surface area contributed by atoms with Gasteiger partial charge in [-0.15, -0.1) is 0 Å². The lowest BCUT2D eigenvalue weighted by Gasteiger charge is -2.28. The molecule has 7 heteroatoms. The minimum Gasteiger partial charge on any atom is -0.550 e. The molecule has 3 heterocycles. The van der Waals surface area contributed by atoms with Crippen molar-refractivity contribution >= 4 is 34.6 Å². The van der Waals surface area contributed by atoms with E-state index in [1.807, 2.05) is 29.0 Å². The van der Waals surface area contributed by atoms with Crippen LogP contribution in [-0.4, -0.2) is 29.2 Å². The summed E-state index contributed by atoms with van der Waals surface area (Å²) < 4.78 is 5.32. The summed E-state index contributed by atoms with van der Waals surface area (Å²) in [5.41, 5.74) is 3.35. The van der Waals surface area contributed by atoms with E-state index in [1.54, 1.807) is 6.08 Å². The fourth-order valence-electron chi connectivity index (χ4n) is 3.34. The van der Waals surface area contributed by atoms with Crippen molar-refractivity contribution in [2.75, 3.05) is 18.0 Å². The lowest BCUT2D eigenvalue weighted by Crippen LogP contribution is -2.29. The fraction of sp³-hybridized carbons (Fsp3) is 0.286. The number of carboxylic acids is 1. The molecule has 1 aliphatic heterocycles. The van der Waals surface area contributed by atoms with E-state index in [2.05, 4.69) is 27.2 Å². The highest BCUT2D eigenvalue weighted by Gasteiger charge is 2.14. The molecule has 0 aliphatic carbocycles. The van der Waals surface area contributed by atoms with E-state index in [1.165, 1.54) is 36.3 Å². The number of rotatable bonds is 6. The van der Waals surface area contributed by atoms with Crippen molar-refractivity contribution < 1.29 is 14.4 Å². The van der Waals surface area contributed by atoms with E-state index in [9.17, 15) is 9.90 Å². The average molecular weight is 394 g/mol. The van der Waals surface area contributed by atoms with Gasteiger partial charge >= 0.3 is 0 Å². The van der Waals surface area contributed by atoms with Gasteiger partial charge in [0.05, 0.1) is 0 Å². The second-order valence-corrected chi connectivity index (χ2v) is 7.57. The highest BCUT2D eigenvalue weighted by Crippen LogP contribution is 2.26. The second-order valence-electron chi connectivity index (χ2n) is 6.79. The number of piperidine rings is 1. The molecule has 0 amide bonds. The van der Waals surface area contributed by atoms with E-state index < -0.39 is 5.97 Å². The number of carboxylic acid groups (broad SMARTS) is 1.